The maximum absolute atomic E-state index is 6.85. The van der Waals surface area contributed by atoms with Gasteiger partial charge in [-0.05, 0) is 131 Å². The van der Waals surface area contributed by atoms with E-state index in [1.807, 2.05) is 0 Å². The summed E-state index contributed by atoms with van der Waals surface area (Å²) in [4.78, 5) is 5.11. The Morgan fingerprint density at radius 2 is 0.984 bits per heavy atom. The molecule has 14 rings (SSSR count). The fraction of sp³-hybridized carbons (Fsp3) is 0.167. The van der Waals surface area contributed by atoms with Crippen LogP contribution in [-0.4, -0.2) is 0 Å². The van der Waals surface area contributed by atoms with Crippen molar-refractivity contribution in [3.8, 4) is 0 Å². The molecule has 1 atom stereocenters. The molecule has 2 aromatic heterocycles. The molecule has 1 unspecified atom stereocenters. The van der Waals surface area contributed by atoms with E-state index in [-0.39, 0.29) is 6.04 Å². The summed E-state index contributed by atoms with van der Waals surface area (Å²) in [6.07, 6.45) is 8.45. The zero-order chi connectivity index (χ0) is 41.9. The zero-order valence-electron chi connectivity index (χ0n) is 35.6. The second-order valence-corrected chi connectivity index (χ2v) is 18.5. The van der Waals surface area contributed by atoms with E-state index in [9.17, 15) is 0 Å². The van der Waals surface area contributed by atoms with E-state index in [1.165, 1.54) is 87.8 Å². The van der Waals surface area contributed by atoms with Gasteiger partial charge in [0.1, 0.15) is 11.2 Å². The molecule has 2 heterocycles. The summed E-state index contributed by atoms with van der Waals surface area (Å²) in [6.45, 7) is 0. The van der Waals surface area contributed by atoms with Crippen molar-refractivity contribution in [3.63, 3.8) is 0 Å². The van der Waals surface area contributed by atoms with Crippen molar-refractivity contribution in [2.24, 2.45) is 5.92 Å². The summed E-state index contributed by atoms with van der Waals surface area (Å²) in [5, 5.41) is 11.5. The number of fused-ring (bicyclic) bond motifs is 6. The maximum Gasteiger partial charge on any atom is 0.159 e. The van der Waals surface area contributed by atoms with Gasteiger partial charge in [0.05, 0.1) is 23.1 Å². The summed E-state index contributed by atoms with van der Waals surface area (Å²) in [7, 11) is 0. The Morgan fingerprint density at radius 1 is 0.406 bits per heavy atom. The first-order valence-electron chi connectivity index (χ1n) is 23.3. The van der Waals surface area contributed by atoms with Gasteiger partial charge in [-0.15, -0.1) is 0 Å². The Hall–Kier alpha value is -7.30. The van der Waals surface area contributed by atoms with E-state index in [2.05, 4.69) is 186 Å². The summed E-state index contributed by atoms with van der Waals surface area (Å²) in [5.74, 6) is 1.09. The second-order valence-electron chi connectivity index (χ2n) is 18.5. The minimum Gasteiger partial charge on any atom is -0.454 e. The molecule has 2 fully saturated rings. The Kier molecular flexibility index (Phi) is 7.98. The molecule has 4 nitrogen and oxygen atoms in total. The Bertz CT molecular complexity index is 3690. The average Bonchev–Trinajstić information content (AvgIpc) is 3.89. The van der Waals surface area contributed by atoms with Crippen molar-refractivity contribution in [3.05, 3.63) is 192 Å². The largest absolute Gasteiger partial charge is 0.454 e. The van der Waals surface area contributed by atoms with Gasteiger partial charge < -0.3 is 18.6 Å². The van der Waals surface area contributed by atoms with Crippen LogP contribution in [0.5, 0.6) is 0 Å². The molecule has 4 heteroatoms. The second kappa shape index (κ2) is 14.1. The van der Waals surface area contributed by atoms with Crippen LogP contribution in [0.1, 0.15) is 68.0 Å². The standard InChI is InChI=1S/C60H46N2O2/c1-3-19-39(20-4-1)61(51-27-13-25-45-41-23-7-9-29-55(41)63-59(45)51)53-35-49(37-15-11-16-37)43-32-34-48-54(36-50(38-17-12-18-38)44-31-33-47(53)57(43)58(44)48)62(40-21-5-2-6-22-40)52-28-14-26-46-42-24-8-10-30-56(42)64-60(46)52/h1-10,13-14,19-35,37-38,54H,11-12,15-18,36H2. The van der Waals surface area contributed by atoms with Crippen LogP contribution in [0.2, 0.25) is 0 Å². The van der Waals surface area contributed by atoms with Crippen LogP contribution in [-0.2, 0) is 0 Å². The van der Waals surface area contributed by atoms with Gasteiger partial charge in [0.2, 0.25) is 0 Å². The van der Waals surface area contributed by atoms with Gasteiger partial charge in [-0.1, -0.05) is 140 Å². The fourth-order valence-electron chi connectivity index (χ4n) is 11.8. The minimum atomic E-state index is 0.0460. The normalized spacial score (nSPS) is 16.6. The van der Waals surface area contributed by atoms with E-state index in [4.69, 9.17) is 8.83 Å². The molecule has 3 aliphatic carbocycles. The molecule has 0 aliphatic heterocycles. The number of hydrogen-bond acceptors (Lipinski definition) is 4. The Labute approximate surface area is 371 Å². The van der Waals surface area contributed by atoms with Crippen LogP contribution in [0, 0.1) is 5.92 Å². The van der Waals surface area contributed by atoms with E-state index < -0.39 is 0 Å². The summed E-state index contributed by atoms with van der Waals surface area (Å²) in [5.41, 5.74) is 13.8. The van der Waals surface area contributed by atoms with Crippen LogP contribution in [0.15, 0.2) is 185 Å². The molecule has 0 spiro atoms. The molecule has 3 aliphatic rings. The number of furan rings is 2. The van der Waals surface area contributed by atoms with Gasteiger partial charge in [-0.3, -0.25) is 0 Å². The highest BCUT2D eigenvalue weighted by molar-refractivity contribution is 6.20. The van der Waals surface area contributed by atoms with Crippen LogP contribution >= 0.6 is 0 Å². The number of benzene rings is 9. The van der Waals surface area contributed by atoms with Crippen LogP contribution in [0.25, 0.3) is 71.0 Å². The molecule has 0 N–H and O–H groups in total. The van der Waals surface area contributed by atoms with Gasteiger partial charge in [0, 0.05) is 38.3 Å². The van der Waals surface area contributed by atoms with Gasteiger partial charge >= 0.3 is 0 Å². The molecule has 0 amide bonds. The fourth-order valence-corrected chi connectivity index (χ4v) is 11.8. The van der Waals surface area contributed by atoms with Gasteiger partial charge in [-0.25, -0.2) is 0 Å². The first kappa shape index (κ1) is 36.2. The third-order valence-corrected chi connectivity index (χ3v) is 15.2. The van der Waals surface area contributed by atoms with E-state index >= 15 is 0 Å². The third-order valence-electron chi connectivity index (χ3n) is 15.2. The van der Waals surface area contributed by atoms with Crippen LogP contribution in [0.4, 0.5) is 28.4 Å². The highest BCUT2D eigenvalue weighted by atomic mass is 16.3. The van der Waals surface area contributed by atoms with E-state index in [0.717, 1.165) is 67.4 Å². The monoisotopic (exact) mass is 826 g/mol. The predicted molar refractivity (Wildman–Crippen MR) is 266 cm³/mol. The van der Waals surface area contributed by atoms with Crippen molar-refractivity contribution in [2.45, 2.75) is 56.9 Å². The lowest BCUT2D eigenvalue weighted by Crippen LogP contribution is -2.33. The maximum atomic E-state index is 6.85. The minimum absolute atomic E-state index is 0.0460. The molecule has 308 valence electrons. The molecular formula is C60H46N2O2. The number of para-hydroxylation sites is 6. The highest BCUT2D eigenvalue weighted by Crippen LogP contribution is 2.54. The van der Waals surface area contributed by atoms with Crippen molar-refractivity contribution in [2.75, 3.05) is 9.80 Å². The smallest absolute Gasteiger partial charge is 0.159 e. The van der Waals surface area contributed by atoms with E-state index in [0.29, 0.717) is 11.8 Å². The summed E-state index contributed by atoms with van der Waals surface area (Å²) >= 11 is 0. The Balaban J connectivity index is 1.08. The van der Waals surface area contributed by atoms with Gasteiger partial charge in [0.15, 0.2) is 11.2 Å². The number of hydrogen-bond donors (Lipinski definition) is 0. The molecule has 64 heavy (non-hydrogen) atoms. The topological polar surface area (TPSA) is 32.8 Å². The first-order valence-corrected chi connectivity index (χ1v) is 23.3. The highest BCUT2D eigenvalue weighted by Gasteiger charge is 2.37. The van der Waals surface area contributed by atoms with Crippen LogP contribution in [0.3, 0.4) is 0 Å². The number of nitrogens with zero attached hydrogens (tertiary/aromatic N) is 2. The lowest BCUT2D eigenvalue weighted by atomic mass is 9.71. The predicted octanol–water partition coefficient (Wildman–Crippen LogP) is 16.5. The average molecular weight is 827 g/mol. The first-order chi connectivity index (χ1) is 31.8. The molecule has 11 aromatic rings. The van der Waals surface area contributed by atoms with Crippen molar-refractivity contribution < 1.29 is 8.83 Å². The third kappa shape index (κ3) is 5.29. The quantitative estimate of drug-likeness (QED) is 0.153. The van der Waals surface area contributed by atoms with Gasteiger partial charge in [0.25, 0.3) is 0 Å². The number of rotatable bonds is 8. The molecule has 0 bridgehead atoms. The zero-order valence-corrected chi connectivity index (χ0v) is 35.6. The molecule has 2 saturated carbocycles. The van der Waals surface area contributed by atoms with Crippen molar-refractivity contribution in [1.29, 1.82) is 0 Å². The van der Waals surface area contributed by atoms with Crippen molar-refractivity contribution in [1.82, 2.24) is 0 Å². The lowest BCUT2D eigenvalue weighted by Gasteiger charge is -2.41. The molecule has 0 radical (unpaired) electrons. The van der Waals surface area contributed by atoms with Crippen LogP contribution < -0.4 is 15.0 Å². The summed E-state index contributed by atoms with van der Waals surface area (Å²) in [6, 6.07) is 64.8. The molecule has 9 aromatic carbocycles. The van der Waals surface area contributed by atoms with E-state index in [1.54, 1.807) is 5.57 Å². The van der Waals surface area contributed by atoms with Gasteiger partial charge in [-0.2, -0.15) is 0 Å². The summed E-state index contributed by atoms with van der Waals surface area (Å²) < 4.78 is 13.7. The number of anilines is 5. The molecule has 0 saturated heterocycles. The lowest BCUT2D eigenvalue weighted by molar-refractivity contribution is 0.387. The molecular weight excluding hydrogens is 781 g/mol. The van der Waals surface area contributed by atoms with Crippen molar-refractivity contribution >= 4 is 99.4 Å². The SMILES string of the molecule is c1ccc(N(c2cc(C3CCC3)c3ccc4c5c(ccc2c35)=C(C2CCC2)CC4N(c2ccccc2)c2cccc3c2oc2ccccc23)c2cccc3c2oc2ccccc23)cc1. The Morgan fingerprint density at radius 3 is 1.64 bits per heavy atom.